The van der Waals surface area contributed by atoms with E-state index in [0.29, 0.717) is 58.9 Å². The zero-order chi connectivity index (χ0) is 25.1. The molecular formula is C26H28N4O5. The van der Waals surface area contributed by atoms with Crippen LogP contribution in [0, 0.1) is 0 Å². The number of rotatable bonds is 9. The molecule has 4 aromatic rings. The second-order valence-corrected chi connectivity index (χ2v) is 8.08. The molecule has 9 nitrogen and oxygen atoms in total. The number of nitrogens with zero attached hydrogens (tertiary/aromatic N) is 3. The highest BCUT2D eigenvalue weighted by atomic mass is 16.5. The Labute approximate surface area is 202 Å². The first-order valence-electron chi connectivity index (χ1n) is 11.4. The predicted molar refractivity (Wildman–Crippen MR) is 132 cm³/mol. The molecule has 2 aromatic heterocycles. The van der Waals surface area contributed by atoms with Crippen LogP contribution in [-0.4, -0.2) is 51.0 Å². The van der Waals surface area contributed by atoms with E-state index in [1.807, 2.05) is 38.1 Å². The summed E-state index contributed by atoms with van der Waals surface area (Å²) in [7, 11) is 3.27. The summed E-state index contributed by atoms with van der Waals surface area (Å²) >= 11 is 0. The summed E-state index contributed by atoms with van der Waals surface area (Å²) in [6.45, 7) is 3.77. The topological polar surface area (TPSA) is 119 Å². The summed E-state index contributed by atoms with van der Waals surface area (Å²) in [4.78, 5) is 32.4. The second kappa shape index (κ2) is 10.1. The summed E-state index contributed by atoms with van der Waals surface area (Å²) in [5, 5.41) is 13.6. The molecule has 0 atom stereocenters. The molecule has 35 heavy (non-hydrogen) atoms. The molecule has 9 heteroatoms. The number of hydrogen-bond acceptors (Lipinski definition) is 7. The van der Waals surface area contributed by atoms with Crippen molar-refractivity contribution in [2.24, 2.45) is 7.05 Å². The van der Waals surface area contributed by atoms with Crippen LogP contribution in [-0.2, 0) is 19.9 Å². The van der Waals surface area contributed by atoms with Crippen molar-refractivity contribution in [2.75, 3.05) is 20.3 Å². The number of H-pyrrole nitrogens is 1. The third kappa shape index (κ3) is 4.67. The highest BCUT2D eigenvalue weighted by Crippen LogP contribution is 2.32. The molecule has 0 aliphatic rings. The van der Waals surface area contributed by atoms with Crippen LogP contribution < -0.4 is 15.0 Å². The van der Waals surface area contributed by atoms with Gasteiger partial charge in [0.2, 0.25) is 0 Å². The van der Waals surface area contributed by atoms with Crippen LogP contribution in [0.1, 0.15) is 41.0 Å². The molecule has 0 saturated heterocycles. The Morgan fingerprint density at radius 2 is 1.94 bits per heavy atom. The standard InChI is InChI=1S/C26H28N4O5/c1-5-19-23-24(30(3)29-19)26(33)28-25(27-23)18-12-15(7-10-21(18)35-6-2)11-17-9-8-16(20(32)14-31)13-22(17)34-4/h7-10,12-13,31H,5-6,11,14H2,1-4H3,(H,27,28,33). The number of methoxy groups -OCH3 is 1. The highest BCUT2D eigenvalue weighted by Gasteiger charge is 2.18. The number of ketones is 1. The van der Waals surface area contributed by atoms with Gasteiger partial charge in [0, 0.05) is 19.0 Å². The first-order valence-corrected chi connectivity index (χ1v) is 11.4. The first kappa shape index (κ1) is 24.2. The van der Waals surface area contributed by atoms with Crippen molar-refractivity contribution in [2.45, 2.75) is 26.7 Å². The van der Waals surface area contributed by atoms with E-state index in [0.717, 1.165) is 16.8 Å². The molecule has 2 aromatic carbocycles. The largest absolute Gasteiger partial charge is 0.496 e. The maximum atomic E-state index is 12.9. The zero-order valence-corrected chi connectivity index (χ0v) is 20.2. The van der Waals surface area contributed by atoms with Crippen molar-refractivity contribution in [1.29, 1.82) is 0 Å². The van der Waals surface area contributed by atoms with Gasteiger partial charge in [-0.1, -0.05) is 25.1 Å². The van der Waals surface area contributed by atoms with E-state index in [1.54, 1.807) is 31.0 Å². The minimum atomic E-state index is -0.559. The number of nitrogens with one attached hydrogen (secondary N) is 1. The van der Waals surface area contributed by atoms with E-state index in [4.69, 9.17) is 19.6 Å². The van der Waals surface area contributed by atoms with E-state index in [1.165, 1.54) is 0 Å². The van der Waals surface area contributed by atoms with Crippen LogP contribution in [0.2, 0.25) is 0 Å². The van der Waals surface area contributed by atoms with Crippen molar-refractivity contribution >= 4 is 16.8 Å². The summed E-state index contributed by atoms with van der Waals surface area (Å²) in [6.07, 6.45) is 1.16. The molecule has 0 saturated carbocycles. The number of aliphatic hydroxyl groups excluding tert-OH is 1. The minimum absolute atomic E-state index is 0.265. The maximum Gasteiger partial charge on any atom is 0.277 e. The molecule has 0 bridgehead atoms. The summed E-state index contributed by atoms with van der Waals surface area (Å²) in [6, 6.07) is 10.9. The molecule has 0 spiro atoms. The molecule has 0 radical (unpaired) electrons. The Kier molecular flexibility index (Phi) is 6.97. The van der Waals surface area contributed by atoms with Crippen LogP contribution in [0.25, 0.3) is 22.4 Å². The Hall–Kier alpha value is -3.98. The summed E-state index contributed by atoms with van der Waals surface area (Å²) < 4.78 is 12.9. The van der Waals surface area contributed by atoms with Crippen LogP contribution in [0.5, 0.6) is 11.5 Å². The molecule has 182 valence electrons. The number of aromatic amines is 1. The number of Topliss-reactive ketones (excluding diaryl/α,β-unsaturated/α-hetero) is 1. The minimum Gasteiger partial charge on any atom is -0.496 e. The van der Waals surface area contributed by atoms with Crippen molar-refractivity contribution in [3.8, 4) is 22.9 Å². The lowest BCUT2D eigenvalue weighted by Crippen LogP contribution is -2.13. The number of aryl methyl sites for hydroxylation is 2. The van der Waals surface area contributed by atoms with Gasteiger partial charge in [-0.15, -0.1) is 0 Å². The number of benzene rings is 2. The molecule has 0 amide bonds. The molecule has 2 N–H and O–H groups in total. The van der Waals surface area contributed by atoms with Crippen molar-refractivity contribution in [1.82, 2.24) is 19.7 Å². The number of aromatic nitrogens is 4. The number of carbonyl (C=O) groups is 1. The lowest BCUT2D eigenvalue weighted by Gasteiger charge is -2.14. The Morgan fingerprint density at radius 1 is 1.14 bits per heavy atom. The van der Waals surface area contributed by atoms with E-state index in [2.05, 4.69) is 10.1 Å². The zero-order valence-electron chi connectivity index (χ0n) is 20.2. The smallest absolute Gasteiger partial charge is 0.277 e. The van der Waals surface area contributed by atoms with Gasteiger partial charge in [-0.25, -0.2) is 4.98 Å². The monoisotopic (exact) mass is 476 g/mol. The number of ether oxygens (including phenoxy) is 2. The fraction of sp³-hybridized carbons (Fsp3) is 0.308. The highest BCUT2D eigenvalue weighted by molar-refractivity contribution is 5.97. The van der Waals surface area contributed by atoms with Crippen molar-refractivity contribution in [3.63, 3.8) is 0 Å². The van der Waals surface area contributed by atoms with Crippen molar-refractivity contribution < 1.29 is 19.4 Å². The van der Waals surface area contributed by atoms with Gasteiger partial charge in [-0.2, -0.15) is 5.10 Å². The van der Waals surface area contributed by atoms with Crippen LogP contribution >= 0.6 is 0 Å². The van der Waals surface area contributed by atoms with E-state index >= 15 is 0 Å². The third-order valence-corrected chi connectivity index (χ3v) is 5.84. The average Bonchev–Trinajstić information content (AvgIpc) is 3.20. The Balaban J connectivity index is 1.80. The molecule has 0 aliphatic heterocycles. The van der Waals surface area contributed by atoms with Gasteiger partial charge in [0.15, 0.2) is 11.3 Å². The number of fused-ring (bicyclic) bond motifs is 1. The van der Waals surface area contributed by atoms with Gasteiger partial charge < -0.3 is 19.6 Å². The average molecular weight is 477 g/mol. The number of aliphatic hydroxyl groups is 1. The SMILES string of the molecule is CCOc1ccc(Cc2ccc(C(=O)CO)cc2OC)cc1-c1nc2c(CC)nn(C)c2c(=O)[nH]1. The lowest BCUT2D eigenvalue weighted by molar-refractivity contribution is 0.0903. The van der Waals surface area contributed by atoms with Crippen LogP contribution in [0.3, 0.4) is 0 Å². The van der Waals surface area contributed by atoms with Gasteiger partial charge in [0.05, 0.1) is 25.0 Å². The third-order valence-electron chi connectivity index (χ3n) is 5.84. The summed E-state index contributed by atoms with van der Waals surface area (Å²) in [5.74, 6) is 1.20. The normalized spacial score (nSPS) is 11.1. The van der Waals surface area contributed by atoms with Gasteiger partial charge in [-0.05, 0) is 42.7 Å². The molecule has 2 heterocycles. The molecule has 4 rings (SSSR count). The van der Waals surface area contributed by atoms with Crippen LogP contribution in [0.4, 0.5) is 0 Å². The Bertz CT molecular complexity index is 1450. The lowest BCUT2D eigenvalue weighted by atomic mass is 9.99. The fourth-order valence-electron chi connectivity index (χ4n) is 4.14. The van der Waals surface area contributed by atoms with E-state index in [-0.39, 0.29) is 11.3 Å². The number of hydrogen-bond donors (Lipinski definition) is 2. The van der Waals surface area contributed by atoms with Crippen molar-refractivity contribution in [3.05, 3.63) is 69.1 Å². The maximum absolute atomic E-state index is 12.9. The Morgan fingerprint density at radius 3 is 2.63 bits per heavy atom. The fourth-order valence-corrected chi connectivity index (χ4v) is 4.14. The van der Waals surface area contributed by atoms with Gasteiger partial charge in [0.1, 0.15) is 29.4 Å². The van der Waals surface area contributed by atoms with Gasteiger partial charge >= 0.3 is 0 Å². The predicted octanol–water partition coefficient (Wildman–Crippen LogP) is 3.06. The molecular weight excluding hydrogens is 448 g/mol. The first-order chi connectivity index (χ1) is 16.9. The molecule has 0 fully saturated rings. The molecule has 0 unspecified atom stereocenters. The second-order valence-electron chi connectivity index (χ2n) is 8.08. The van der Waals surface area contributed by atoms with E-state index in [9.17, 15) is 9.59 Å². The summed E-state index contributed by atoms with van der Waals surface area (Å²) in [5.41, 5.74) is 4.36. The van der Waals surface area contributed by atoms with Crippen LogP contribution in [0.15, 0.2) is 41.2 Å². The van der Waals surface area contributed by atoms with Gasteiger partial charge in [-0.3, -0.25) is 14.3 Å². The van der Waals surface area contributed by atoms with E-state index < -0.39 is 6.61 Å². The number of carbonyl (C=O) groups excluding carboxylic acids is 1. The molecule has 0 aliphatic carbocycles. The quantitative estimate of drug-likeness (QED) is 0.356. The van der Waals surface area contributed by atoms with Gasteiger partial charge in [0.25, 0.3) is 5.56 Å².